The maximum absolute atomic E-state index is 5.84. The highest BCUT2D eigenvalue weighted by molar-refractivity contribution is 7.18. The molecule has 0 saturated heterocycles. The summed E-state index contributed by atoms with van der Waals surface area (Å²) in [6, 6.07) is 2.15. The zero-order chi connectivity index (χ0) is 13.7. The van der Waals surface area contributed by atoms with Gasteiger partial charge in [0.05, 0.1) is 12.0 Å². The van der Waals surface area contributed by atoms with Gasteiger partial charge in [0.1, 0.15) is 4.83 Å². The summed E-state index contributed by atoms with van der Waals surface area (Å²) in [5.74, 6) is 1.34. The van der Waals surface area contributed by atoms with Gasteiger partial charge in [0, 0.05) is 11.9 Å². The number of thiophene rings is 1. The Bertz CT molecular complexity index is 539. The molecule has 2 rings (SSSR count). The normalized spacial score (nSPS) is 10.9. The van der Waals surface area contributed by atoms with Crippen molar-refractivity contribution < 1.29 is 4.74 Å². The lowest BCUT2D eigenvalue weighted by Crippen LogP contribution is -2.02. The molecular formula is C14H21N3OS. The van der Waals surface area contributed by atoms with Crippen molar-refractivity contribution in [2.24, 2.45) is 0 Å². The standard InChI is InChI=1S/C14H21N3OS/c1-4-6-7-8-18-12-11-9-10(5-2)19-13(11)17-14(15-3)16-12/h9H,4-8H2,1-3H3,(H,15,16,17). The number of aromatic nitrogens is 2. The molecule has 0 bridgehead atoms. The Morgan fingerprint density at radius 2 is 2.11 bits per heavy atom. The van der Waals surface area contributed by atoms with Gasteiger partial charge in [0.25, 0.3) is 0 Å². The Labute approximate surface area is 118 Å². The number of fused-ring (bicyclic) bond motifs is 1. The lowest BCUT2D eigenvalue weighted by molar-refractivity contribution is 0.299. The van der Waals surface area contributed by atoms with Crippen LogP contribution in [-0.4, -0.2) is 23.6 Å². The van der Waals surface area contributed by atoms with E-state index in [1.807, 2.05) is 7.05 Å². The Morgan fingerprint density at radius 3 is 2.79 bits per heavy atom. The van der Waals surface area contributed by atoms with Crippen molar-refractivity contribution in [2.75, 3.05) is 19.0 Å². The molecule has 0 aliphatic carbocycles. The number of hydrogen-bond donors (Lipinski definition) is 1. The van der Waals surface area contributed by atoms with Crippen LogP contribution in [0.2, 0.25) is 0 Å². The molecule has 0 aromatic carbocycles. The van der Waals surface area contributed by atoms with Gasteiger partial charge in [-0.1, -0.05) is 26.7 Å². The van der Waals surface area contributed by atoms with Gasteiger partial charge in [-0.15, -0.1) is 11.3 Å². The Kier molecular flexibility index (Phi) is 4.96. The lowest BCUT2D eigenvalue weighted by Gasteiger charge is -2.07. The number of aryl methyl sites for hydroxylation is 1. The fourth-order valence-corrected chi connectivity index (χ4v) is 2.82. The third-order valence-electron chi connectivity index (χ3n) is 2.97. The minimum atomic E-state index is 0.627. The molecule has 2 aromatic heterocycles. The van der Waals surface area contributed by atoms with Gasteiger partial charge in [-0.25, -0.2) is 4.98 Å². The van der Waals surface area contributed by atoms with Crippen molar-refractivity contribution in [3.63, 3.8) is 0 Å². The Morgan fingerprint density at radius 1 is 1.26 bits per heavy atom. The van der Waals surface area contributed by atoms with E-state index in [4.69, 9.17) is 4.74 Å². The number of ether oxygens (including phenoxy) is 1. The number of hydrogen-bond acceptors (Lipinski definition) is 5. The minimum Gasteiger partial charge on any atom is -0.477 e. The van der Waals surface area contributed by atoms with Gasteiger partial charge in [-0.05, 0) is 18.9 Å². The molecule has 19 heavy (non-hydrogen) atoms. The predicted octanol–water partition coefficient (Wildman–Crippen LogP) is 3.86. The van der Waals surface area contributed by atoms with Crippen LogP contribution in [0.5, 0.6) is 5.88 Å². The fraction of sp³-hybridized carbons (Fsp3) is 0.571. The van der Waals surface area contributed by atoms with Crippen LogP contribution in [0.1, 0.15) is 38.0 Å². The predicted molar refractivity (Wildman–Crippen MR) is 81.4 cm³/mol. The van der Waals surface area contributed by atoms with Crippen LogP contribution in [0, 0.1) is 0 Å². The molecule has 0 aliphatic heterocycles. The van der Waals surface area contributed by atoms with Crippen LogP contribution in [0.3, 0.4) is 0 Å². The molecule has 0 radical (unpaired) electrons. The van der Waals surface area contributed by atoms with Crippen LogP contribution in [-0.2, 0) is 6.42 Å². The molecule has 0 aliphatic rings. The summed E-state index contributed by atoms with van der Waals surface area (Å²) in [5, 5.41) is 4.03. The van der Waals surface area contributed by atoms with Crippen LogP contribution in [0.15, 0.2) is 6.07 Å². The van der Waals surface area contributed by atoms with E-state index in [0.29, 0.717) is 11.8 Å². The first-order valence-electron chi connectivity index (χ1n) is 6.89. The molecular weight excluding hydrogens is 258 g/mol. The molecule has 0 amide bonds. The van der Waals surface area contributed by atoms with Crippen LogP contribution in [0.4, 0.5) is 5.95 Å². The highest BCUT2D eigenvalue weighted by Gasteiger charge is 2.11. The molecule has 1 N–H and O–H groups in total. The SMILES string of the molecule is CCCCCOc1nc(NC)nc2sc(CC)cc12. The molecule has 104 valence electrons. The summed E-state index contributed by atoms with van der Waals surface area (Å²) in [7, 11) is 1.83. The van der Waals surface area contributed by atoms with Gasteiger partial charge >= 0.3 is 0 Å². The van der Waals surface area contributed by atoms with Crippen molar-refractivity contribution >= 4 is 27.5 Å². The second-order valence-corrected chi connectivity index (χ2v) is 5.56. The fourth-order valence-electron chi connectivity index (χ4n) is 1.86. The summed E-state index contributed by atoms with van der Waals surface area (Å²) in [4.78, 5) is 11.2. The van der Waals surface area contributed by atoms with Crippen molar-refractivity contribution in [2.45, 2.75) is 39.5 Å². The number of nitrogens with one attached hydrogen (secondary N) is 1. The quantitative estimate of drug-likeness (QED) is 0.782. The molecule has 5 heteroatoms. The molecule has 0 unspecified atom stereocenters. The molecule has 2 heterocycles. The van der Waals surface area contributed by atoms with E-state index in [9.17, 15) is 0 Å². The average Bonchev–Trinajstić information content (AvgIpc) is 2.86. The van der Waals surface area contributed by atoms with E-state index in [2.05, 4.69) is 35.2 Å². The number of unbranched alkanes of at least 4 members (excludes halogenated alkanes) is 2. The molecule has 0 atom stereocenters. The summed E-state index contributed by atoms with van der Waals surface area (Å²) in [6.07, 6.45) is 4.48. The van der Waals surface area contributed by atoms with Gasteiger partial charge in [0.2, 0.25) is 11.8 Å². The van der Waals surface area contributed by atoms with Crippen LogP contribution >= 0.6 is 11.3 Å². The van der Waals surface area contributed by atoms with E-state index >= 15 is 0 Å². The Balaban J connectivity index is 2.25. The van der Waals surface area contributed by atoms with Gasteiger partial charge in [0.15, 0.2) is 0 Å². The summed E-state index contributed by atoms with van der Waals surface area (Å²) in [6.45, 7) is 5.06. The maximum Gasteiger partial charge on any atom is 0.227 e. The van der Waals surface area contributed by atoms with E-state index in [1.54, 1.807) is 11.3 Å². The first kappa shape index (κ1) is 14.1. The molecule has 0 spiro atoms. The summed E-state index contributed by atoms with van der Waals surface area (Å²) in [5.41, 5.74) is 0. The van der Waals surface area contributed by atoms with E-state index in [-0.39, 0.29) is 0 Å². The molecule has 2 aromatic rings. The van der Waals surface area contributed by atoms with Crippen LogP contribution in [0.25, 0.3) is 10.2 Å². The average molecular weight is 279 g/mol. The van der Waals surface area contributed by atoms with Gasteiger partial charge in [-0.3, -0.25) is 0 Å². The Hall–Kier alpha value is -1.36. The molecule has 4 nitrogen and oxygen atoms in total. The number of rotatable bonds is 7. The number of anilines is 1. The number of nitrogens with zero attached hydrogens (tertiary/aromatic N) is 2. The summed E-state index contributed by atoms with van der Waals surface area (Å²) < 4.78 is 5.84. The van der Waals surface area contributed by atoms with E-state index in [1.165, 1.54) is 17.7 Å². The zero-order valence-corrected chi connectivity index (χ0v) is 12.6. The zero-order valence-electron chi connectivity index (χ0n) is 11.8. The third kappa shape index (κ3) is 3.35. The van der Waals surface area contributed by atoms with Crippen molar-refractivity contribution in [3.05, 3.63) is 10.9 Å². The topological polar surface area (TPSA) is 47.0 Å². The largest absolute Gasteiger partial charge is 0.477 e. The second-order valence-electron chi connectivity index (χ2n) is 4.44. The summed E-state index contributed by atoms with van der Waals surface area (Å²) >= 11 is 1.71. The third-order valence-corrected chi connectivity index (χ3v) is 4.14. The van der Waals surface area contributed by atoms with Crippen molar-refractivity contribution in [3.8, 4) is 5.88 Å². The maximum atomic E-state index is 5.84. The highest BCUT2D eigenvalue weighted by Crippen LogP contribution is 2.31. The lowest BCUT2D eigenvalue weighted by atomic mass is 10.3. The monoisotopic (exact) mass is 279 g/mol. The molecule has 0 saturated carbocycles. The van der Waals surface area contributed by atoms with Gasteiger partial charge < -0.3 is 10.1 Å². The van der Waals surface area contributed by atoms with Crippen molar-refractivity contribution in [1.82, 2.24) is 9.97 Å². The minimum absolute atomic E-state index is 0.627. The van der Waals surface area contributed by atoms with Gasteiger partial charge in [-0.2, -0.15) is 4.98 Å². The smallest absolute Gasteiger partial charge is 0.227 e. The second kappa shape index (κ2) is 6.70. The van der Waals surface area contributed by atoms with Crippen LogP contribution < -0.4 is 10.1 Å². The van der Waals surface area contributed by atoms with E-state index < -0.39 is 0 Å². The first-order chi connectivity index (χ1) is 9.28. The highest BCUT2D eigenvalue weighted by atomic mass is 32.1. The first-order valence-corrected chi connectivity index (χ1v) is 7.71. The van der Waals surface area contributed by atoms with E-state index in [0.717, 1.165) is 29.7 Å². The molecule has 0 fully saturated rings. The van der Waals surface area contributed by atoms with Crippen molar-refractivity contribution in [1.29, 1.82) is 0 Å².